The fourth-order valence-corrected chi connectivity index (χ4v) is 5.08. The Bertz CT molecular complexity index is 899. The molecule has 8 heteroatoms. The first kappa shape index (κ1) is 18.6. The van der Waals surface area contributed by atoms with Crippen molar-refractivity contribution < 1.29 is 13.5 Å². The second kappa shape index (κ2) is 7.01. The maximum absolute atomic E-state index is 11.9. The maximum Gasteiger partial charge on any atom is 0.211 e. The van der Waals surface area contributed by atoms with Gasteiger partial charge >= 0.3 is 0 Å². The highest BCUT2D eigenvalue weighted by Crippen LogP contribution is 2.36. The third-order valence-electron chi connectivity index (χ3n) is 5.85. The molecular formula is C19H26N4O3S. The molecule has 27 heavy (non-hydrogen) atoms. The van der Waals surface area contributed by atoms with Crippen molar-refractivity contribution in [1.82, 2.24) is 19.0 Å². The second-order valence-corrected chi connectivity index (χ2v) is 9.77. The van der Waals surface area contributed by atoms with Gasteiger partial charge in [-0.25, -0.2) is 17.4 Å². The Morgan fingerprint density at radius 1 is 1.19 bits per heavy atom. The number of fused-ring (bicyclic) bond motifs is 1. The largest absolute Gasteiger partial charge is 0.389 e. The van der Waals surface area contributed by atoms with Gasteiger partial charge in [0.15, 0.2) is 0 Å². The quantitative estimate of drug-likeness (QED) is 0.846. The fourth-order valence-electron chi connectivity index (χ4n) is 4.21. The highest BCUT2D eigenvalue weighted by atomic mass is 32.2. The van der Waals surface area contributed by atoms with Crippen LogP contribution in [0, 0.1) is 5.92 Å². The molecule has 0 saturated carbocycles. The summed E-state index contributed by atoms with van der Waals surface area (Å²) in [6.07, 6.45) is 6.35. The van der Waals surface area contributed by atoms with Crippen molar-refractivity contribution in [2.24, 2.45) is 5.92 Å². The summed E-state index contributed by atoms with van der Waals surface area (Å²) < 4.78 is 27.2. The number of rotatable bonds is 4. The zero-order chi connectivity index (χ0) is 19.1. The van der Waals surface area contributed by atoms with Gasteiger partial charge in [0.25, 0.3) is 0 Å². The number of nitrogens with zero attached hydrogens (tertiary/aromatic N) is 4. The standard InChI is InChI=1S/C19H26N4O3S/c1-27(25,26)22-10-8-19(24)7-9-21(14-17(19)15-22)12-16-11-20-23(13-16)18-5-3-2-4-6-18/h2-6,11,13,17,24H,7-10,12,14-15H2,1H3/t17-,19-/m1/s1. The summed E-state index contributed by atoms with van der Waals surface area (Å²) in [6, 6.07) is 9.98. The summed E-state index contributed by atoms with van der Waals surface area (Å²) >= 11 is 0. The van der Waals surface area contributed by atoms with Crippen molar-refractivity contribution in [3.05, 3.63) is 48.3 Å². The third kappa shape index (κ3) is 3.94. The van der Waals surface area contributed by atoms with Crippen LogP contribution in [-0.2, 0) is 16.6 Å². The van der Waals surface area contributed by atoms with E-state index in [0.717, 1.165) is 24.3 Å². The second-order valence-electron chi connectivity index (χ2n) is 7.79. The van der Waals surface area contributed by atoms with E-state index in [0.29, 0.717) is 32.5 Å². The lowest BCUT2D eigenvalue weighted by Crippen LogP contribution is -2.60. The van der Waals surface area contributed by atoms with Crippen molar-refractivity contribution in [1.29, 1.82) is 0 Å². The van der Waals surface area contributed by atoms with Crippen LogP contribution in [0.25, 0.3) is 5.69 Å². The molecule has 2 fully saturated rings. The molecule has 1 aromatic carbocycles. The van der Waals surface area contributed by atoms with Gasteiger partial charge < -0.3 is 5.11 Å². The SMILES string of the molecule is CS(=O)(=O)N1CC[C@]2(O)CCN(Cc3cnn(-c4ccccc4)c3)C[C@@H]2C1. The van der Waals surface area contributed by atoms with Crippen molar-refractivity contribution in [2.75, 3.05) is 32.4 Å². The first-order valence-electron chi connectivity index (χ1n) is 9.32. The van der Waals surface area contributed by atoms with Gasteiger partial charge in [0.05, 0.1) is 23.7 Å². The topological polar surface area (TPSA) is 78.7 Å². The molecule has 0 aliphatic carbocycles. The minimum Gasteiger partial charge on any atom is -0.389 e. The average molecular weight is 391 g/mol. The Morgan fingerprint density at radius 3 is 2.67 bits per heavy atom. The van der Waals surface area contributed by atoms with Gasteiger partial charge in [0.2, 0.25) is 10.0 Å². The molecular weight excluding hydrogens is 364 g/mol. The monoisotopic (exact) mass is 390 g/mol. The molecule has 0 bridgehead atoms. The summed E-state index contributed by atoms with van der Waals surface area (Å²) in [5, 5.41) is 15.4. The third-order valence-corrected chi connectivity index (χ3v) is 7.12. The minimum absolute atomic E-state index is 0.0566. The lowest BCUT2D eigenvalue weighted by atomic mass is 9.76. The Morgan fingerprint density at radius 2 is 1.93 bits per heavy atom. The molecule has 2 aliphatic heterocycles. The van der Waals surface area contributed by atoms with Crippen LogP contribution in [0.2, 0.25) is 0 Å². The van der Waals surface area contributed by atoms with Crippen molar-refractivity contribution >= 4 is 10.0 Å². The Hall–Kier alpha value is -1.74. The molecule has 0 unspecified atom stereocenters. The summed E-state index contributed by atoms with van der Waals surface area (Å²) in [5.74, 6) is -0.0566. The number of para-hydroxylation sites is 1. The predicted molar refractivity (Wildman–Crippen MR) is 103 cm³/mol. The van der Waals surface area contributed by atoms with Gasteiger partial charge in [-0.3, -0.25) is 4.90 Å². The van der Waals surface area contributed by atoms with Gasteiger partial charge in [-0.15, -0.1) is 0 Å². The van der Waals surface area contributed by atoms with Crippen molar-refractivity contribution in [3.8, 4) is 5.69 Å². The van der Waals surface area contributed by atoms with E-state index in [1.165, 1.54) is 10.6 Å². The molecule has 7 nitrogen and oxygen atoms in total. The first-order chi connectivity index (χ1) is 12.8. The van der Waals surface area contributed by atoms with Crippen LogP contribution in [-0.4, -0.2) is 70.5 Å². The number of benzene rings is 1. The number of likely N-dealkylation sites (tertiary alicyclic amines) is 1. The van der Waals surface area contributed by atoms with E-state index in [-0.39, 0.29) is 5.92 Å². The van der Waals surface area contributed by atoms with E-state index in [1.807, 2.05) is 47.4 Å². The van der Waals surface area contributed by atoms with E-state index in [9.17, 15) is 13.5 Å². The van der Waals surface area contributed by atoms with E-state index >= 15 is 0 Å². The smallest absolute Gasteiger partial charge is 0.211 e. The number of hydrogen-bond donors (Lipinski definition) is 1. The van der Waals surface area contributed by atoms with Crippen LogP contribution in [0.5, 0.6) is 0 Å². The van der Waals surface area contributed by atoms with Crippen LogP contribution in [0.4, 0.5) is 0 Å². The van der Waals surface area contributed by atoms with Crippen LogP contribution in [0.15, 0.2) is 42.7 Å². The molecule has 3 heterocycles. The molecule has 0 amide bonds. The molecule has 2 atom stereocenters. The molecule has 2 aliphatic rings. The highest BCUT2D eigenvalue weighted by Gasteiger charge is 2.46. The number of sulfonamides is 1. The molecule has 4 rings (SSSR count). The molecule has 0 radical (unpaired) electrons. The Kier molecular flexibility index (Phi) is 4.84. The summed E-state index contributed by atoms with van der Waals surface area (Å²) in [5.41, 5.74) is 1.39. The summed E-state index contributed by atoms with van der Waals surface area (Å²) in [4.78, 5) is 2.29. The Balaban J connectivity index is 1.43. The summed E-state index contributed by atoms with van der Waals surface area (Å²) in [6.45, 7) is 3.06. The lowest BCUT2D eigenvalue weighted by Gasteiger charge is -2.49. The molecule has 2 saturated heterocycles. The summed E-state index contributed by atoms with van der Waals surface area (Å²) in [7, 11) is -3.22. The van der Waals surface area contributed by atoms with Crippen LogP contribution < -0.4 is 0 Å². The van der Waals surface area contributed by atoms with E-state index in [1.54, 1.807) is 0 Å². The van der Waals surface area contributed by atoms with E-state index in [4.69, 9.17) is 0 Å². The Labute approximate surface area is 160 Å². The van der Waals surface area contributed by atoms with Gasteiger partial charge in [0, 0.05) is 50.4 Å². The number of piperidine rings is 2. The number of aliphatic hydroxyl groups is 1. The zero-order valence-electron chi connectivity index (χ0n) is 15.5. The van der Waals surface area contributed by atoms with E-state index < -0.39 is 15.6 Å². The predicted octanol–water partition coefficient (Wildman–Crippen LogP) is 1.09. The molecule has 1 aromatic heterocycles. The van der Waals surface area contributed by atoms with Crippen molar-refractivity contribution in [3.63, 3.8) is 0 Å². The highest BCUT2D eigenvalue weighted by molar-refractivity contribution is 7.88. The van der Waals surface area contributed by atoms with Gasteiger partial charge in [-0.2, -0.15) is 5.10 Å². The van der Waals surface area contributed by atoms with Crippen molar-refractivity contribution in [2.45, 2.75) is 25.0 Å². The number of hydrogen-bond acceptors (Lipinski definition) is 5. The normalized spacial score (nSPS) is 27.4. The van der Waals surface area contributed by atoms with Gasteiger partial charge in [0.1, 0.15) is 0 Å². The maximum atomic E-state index is 11.9. The first-order valence-corrected chi connectivity index (χ1v) is 11.2. The van der Waals surface area contributed by atoms with E-state index in [2.05, 4.69) is 10.00 Å². The van der Waals surface area contributed by atoms with Crippen LogP contribution in [0.3, 0.4) is 0 Å². The zero-order valence-corrected chi connectivity index (χ0v) is 16.3. The molecule has 0 spiro atoms. The van der Waals surface area contributed by atoms with Crippen LogP contribution >= 0.6 is 0 Å². The molecule has 2 aromatic rings. The van der Waals surface area contributed by atoms with Gasteiger partial charge in [-0.05, 0) is 25.0 Å². The average Bonchev–Trinajstić information content (AvgIpc) is 3.10. The molecule has 1 N–H and O–H groups in total. The lowest BCUT2D eigenvalue weighted by molar-refractivity contribution is -0.103. The molecule has 146 valence electrons. The fraction of sp³-hybridized carbons (Fsp3) is 0.526. The number of aromatic nitrogens is 2. The van der Waals surface area contributed by atoms with Gasteiger partial charge in [-0.1, -0.05) is 18.2 Å². The minimum atomic E-state index is -3.22. The van der Waals surface area contributed by atoms with Crippen LogP contribution in [0.1, 0.15) is 18.4 Å².